The van der Waals surface area contributed by atoms with E-state index < -0.39 is 0 Å². The number of carbonyl (C=O) groups excluding carboxylic acids is 1. The second-order valence-electron chi connectivity index (χ2n) is 5.87. The van der Waals surface area contributed by atoms with Gasteiger partial charge in [-0.3, -0.25) is 9.78 Å². The van der Waals surface area contributed by atoms with Crippen molar-refractivity contribution in [1.29, 1.82) is 0 Å². The van der Waals surface area contributed by atoms with Crippen LogP contribution in [0.15, 0.2) is 48.1 Å². The fourth-order valence-corrected chi connectivity index (χ4v) is 3.30. The van der Waals surface area contributed by atoms with Gasteiger partial charge < -0.3 is 10.1 Å². The van der Waals surface area contributed by atoms with Crippen LogP contribution >= 0.6 is 11.3 Å². The number of ether oxygens (including phenoxy) is 1. The summed E-state index contributed by atoms with van der Waals surface area (Å²) in [6, 6.07) is 9.67. The number of unbranched alkanes of at least 4 members (excludes halogenated alkanes) is 1. The third-order valence-corrected chi connectivity index (χ3v) is 4.85. The Morgan fingerprint density at radius 1 is 1.23 bits per heavy atom. The van der Waals surface area contributed by atoms with Crippen LogP contribution in [0.4, 0.5) is 5.69 Å². The summed E-state index contributed by atoms with van der Waals surface area (Å²) in [5, 5.41) is 4.86. The fraction of sp³-hybridized carbons (Fsp3) is 0.250. The molecule has 0 aliphatic heterocycles. The summed E-state index contributed by atoms with van der Waals surface area (Å²) < 4.78 is 5.27. The van der Waals surface area contributed by atoms with Crippen LogP contribution in [-0.4, -0.2) is 23.0 Å². The van der Waals surface area contributed by atoms with E-state index in [1.54, 1.807) is 19.5 Å². The van der Waals surface area contributed by atoms with Crippen molar-refractivity contribution in [2.45, 2.75) is 26.2 Å². The van der Waals surface area contributed by atoms with Crippen LogP contribution in [-0.2, 0) is 4.79 Å². The van der Waals surface area contributed by atoms with Crippen LogP contribution in [0, 0.1) is 0 Å². The zero-order chi connectivity index (χ0) is 18.4. The lowest BCUT2D eigenvalue weighted by atomic mass is 10.1. The second-order valence-corrected chi connectivity index (χ2v) is 6.78. The first kappa shape index (κ1) is 18.1. The zero-order valence-corrected chi connectivity index (χ0v) is 15.7. The highest BCUT2D eigenvalue weighted by atomic mass is 32.1. The fourth-order valence-electron chi connectivity index (χ4n) is 2.50. The minimum Gasteiger partial charge on any atom is -0.497 e. The molecule has 0 aliphatic rings. The van der Waals surface area contributed by atoms with E-state index in [1.165, 1.54) is 11.3 Å². The molecule has 134 valence electrons. The van der Waals surface area contributed by atoms with Crippen molar-refractivity contribution in [3.8, 4) is 27.6 Å². The van der Waals surface area contributed by atoms with Gasteiger partial charge in [-0.1, -0.05) is 25.5 Å². The quantitative estimate of drug-likeness (QED) is 0.637. The predicted octanol–water partition coefficient (Wildman–Crippen LogP) is 5.01. The number of aromatic nitrogens is 2. The largest absolute Gasteiger partial charge is 0.497 e. The molecule has 0 atom stereocenters. The molecule has 0 saturated heterocycles. The maximum atomic E-state index is 11.9. The highest BCUT2D eigenvalue weighted by Gasteiger charge is 2.09. The van der Waals surface area contributed by atoms with Gasteiger partial charge in [-0.15, -0.1) is 11.3 Å². The summed E-state index contributed by atoms with van der Waals surface area (Å²) in [6.45, 7) is 2.07. The smallest absolute Gasteiger partial charge is 0.224 e. The number of hydrogen-bond donors (Lipinski definition) is 1. The van der Waals surface area contributed by atoms with Gasteiger partial charge >= 0.3 is 0 Å². The minimum absolute atomic E-state index is 0.0485. The van der Waals surface area contributed by atoms with E-state index in [1.807, 2.05) is 35.7 Å². The Bertz CT molecular complexity index is 892. The average Bonchev–Trinajstić information content (AvgIpc) is 3.15. The van der Waals surface area contributed by atoms with E-state index in [0.29, 0.717) is 6.42 Å². The van der Waals surface area contributed by atoms with E-state index in [2.05, 4.69) is 17.2 Å². The summed E-state index contributed by atoms with van der Waals surface area (Å²) in [6.07, 6.45) is 5.93. The SMILES string of the molecule is CCCCC(=O)Nc1csc(-c2cncc(-c3cccc(OC)c3)n2)c1. The van der Waals surface area contributed by atoms with Crippen molar-refractivity contribution in [2.24, 2.45) is 0 Å². The van der Waals surface area contributed by atoms with E-state index in [-0.39, 0.29) is 5.91 Å². The number of thiophene rings is 1. The van der Waals surface area contributed by atoms with Gasteiger partial charge in [0.2, 0.25) is 5.91 Å². The number of nitrogens with zero attached hydrogens (tertiary/aromatic N) is 2. The number of carbonyl (C=O) groups is 1. The van der Waals surface area contributed by atoms with E-state index >= 15 is 0 Å². The van der Waals surface area contributed by atoms with Gasteiger partial charge in [-0.25, -0.2) is 4.98 Å². The molecule has 1 amide bonds. The van der Waals surface area contributed by atoms with E-state index in [0.717, 1.165) is 46.1 Å². The topological polar surface area (TPSA) is 64.1 Å². The normalized spacial score (nSPS) is 10.5. The highest BCUT2D eigenvalue weighted by molar-refractivity contribution is 7.14. The lowest BCUT2D eigenvalue weighted by Crippen LogP contribution is -2.09. The number of hydrogen-bond acceptors (Lipinski definition) is 5. The molecule has 0 bridgehead atoms. The molecule has 0 unspecified atom stereocenters. The maximum absolute atomic E-state index is 11.9. The van der Waals surface area contributed by atoms with E-state index in [4.69, 9.17) is 9.72 Å². The summed E-state index contributed by atoms with van der Waals surface area (Å²) in [4.78, 5) is 21.9. The van der Waals surface area contributed by atoms with Crippen LogP contribution in [0.5, 0.6) is 5.75 Å². The Hall–Kier alpha value is -2.73. The van der Waals surface area contributed by atoms with Crippen molar-refractivity contribution >= 4 is 22.9 Å². The number of benzene rings is 1. The number of anilines is 1. The van der Waals surface area contributed by atoms with Crippen LogP contribution in [0.1, 0.15) is 26.2 Å². The summed E-state index contributed by atoms with van der Waals surface area (Å²) >= 11 is 1.54. The van der Waals surface area contributed by atoms with Crippen LogP contribution in [0.3, 0.4) is 0 Å². The Balaban J connectivity index is 1.79. The first-order chi connectivity index (χ1) is 12.7. The predicted molar refractivity (Wildman–Crippen MR) is 105 cm³/mol. The van der Waals surface area contributed by atoms with Gasteiger partial charge in [0.05, 0.1) is 41.5 Å². The van der Waals surface area contributed by atoms with Gasteiger partial charge in [-0.2, -0.15) is 0 Å². The van der Waals surface area contributed by atoms with Crippen molar-refractivity contribution in [3.05, 3.63) is 48.1 Å². The zero-order valence-electron chi connectivity index (χ0n) is 14.9. The molecule has 0 saturated carbocycles. The lowest BCUT2D eigenvalue weighted by Gasteiger charge is -2.05. The van der Waals surface area contributed by atoms with Gasteiger partial charge in [0.15, 0.2) is 0 Å². The summed E-state index contributed by atoms with van der Waals surface area (Å²) in [7, 11) is 1.64. The molecule has 0 fully saturated rings. The molecular weight excluding hydrogens is 346 g/mol. The molecular formula is C20H21N3O2S. The highest BCUT2D eigenvalue weighted by Crippen LogP contribution is 2.30. The third kappa shape index (κ3) is 4.46. The molecule has 0 aliphatic carbocycles. The molecule has 0 radical (unpaired) electrons. The van der Waals surface area contributed by atoms with E-state index in [9.17, 15) is 4.79 Å². The van der Waals surface area contributed by atoms with Crippen molar-refractivity contribution in [1.82, 2.24) is 9.97 Å². The van der Waals surface area contributed by atoms with Crippen LogP contribution < -0.4 is 10.1 Å². The Morgan fingerprint density at radius 3 is 2.88 bits per heavy atom. The Kier molecular flexibility index (Phi) is 5.96. The number of nitrogens with one attached hydrogen (secondary N) is 1. The molecule has 2 heterocycles. The molecule has 3 aromatic rings. The first-order valence-electron chi connectivity index (χ1n) is 8.55. The lowest BCUT2D eigenvalue weighted by molar-refractivity contribution is -0.116. The molecule has 2 aromatic heterocycles. The minimum atomic E-state index is 0.0485. The Morgan fingerprint density at radius 2 is 2.08 bits per heavy atom. The van der Waals surface area contributed by atoms with Crippen LogP contribution in [0.25, 0.3) is 21.8 Å². The van der Waals surface area contributed by atoms with Crippen LogP contribution in [0.2, 0.25) is 0 Å². The van der Waals surface area contributed by atoms with Crippen molar-refractivity contribution in [3.63, 3.8) is 0 Å². The summed E-state index contributed by atoms with van der Waals surface area (Å²) in [5.74, 6) is 0.829. The standard InChI is InChI=1S/C20H21N3O2S/c1-3-4-8-20(24)22-15-10-19(26-13-15)18-12-21-11-17(23-18)14-6-5-7-16(9-14)25-2/h5-7,9-13H,3-4,8H2,1-2H3,(H,22,24). The molecule has 5 nitrogen and oxygen atoms in total. The maximum Gasteiger partial charge on any atom is 0.224 e. The van der Waals surface area contributed by atoms with Gasteiger partial charge in [0.1, 0.15) is 5.75 Å². The number of methoxy groups -OCH3 is 1. The van der Waals surface area contributed by atoms with Gasteiger partial charge in [0, 0.05) is 17.4 Å². The monoisotopic (exact) mass is 367 g/mol. The summed E-state index contributed by atoms with van der Waals surface area (Å²) in [5.41, 5.74) is 3.32. The Labute approximate surface area is 157 Å². The molecule has 1 aromatic carbocycles. The average molecular weight is 367 g/mol. The molecule has 3 rings (SSSR count). The van der Waals surface area contributed by atoms with Crippen molar-refractivity contribution in [2.75, 3.05) is 12.4 Å². The molecule has 26 heavy (non-hydrogen) atoms. The molecule has 0 spiro atoms. The second kappa shape index (κ2) is 8.58. The van der Waals surface area contributed by atoms with Gasteiger partial charge in [-0.05, 0) is 24.6 Å². The molecule has 6 heteroatoms. The van der Waals surface area contributed by atoms with Crippen molar-refractivity contribution < 1.29 is 9.53 Å². The molecule has 1 N–H and O–H groups in total. The number of rotatable bonds is 7. The number of amides is 1. The first-order valence-corrected chi connectivity index (χ1v) is 9.42. The third-order valence-electron chi connectivity index (χ3n) is 3.89. The van der Waals surface area contributed by atoms with Gasteiger partial charge in [0.25, 0.3) is 0 Å².